The van der Waals surface area contributed by atoms with Crippen LogP contribution in [0.5, 0.6) is 0 Å². The van der Waals surface area contributed by atoms with Gasteiger partial charge in [-0.1, -0.05) is 36.9 Å². The number of anilines is 1. The number of fused-ring (bicyclic) bond motifs is 1. The molecule has 126 valence electrons. The van der Waals surface area contributed by atoms with Gasteiger partial charge in [-0.05, 0) is 24.1 Å². The second kappa shape index (κ2) is 6.43. The molecule has 3 heterocycles. The van der Waals surface area contributed by atoms with Gasteiger partial charge in [0.2, 0.25) is 5.91 Å². The van der Waals surface area contributed by atoms with Gasteiger partial charge in [-0.15, -0.1) is 0 Å². The van der Waals surface area contributed by atoms with E-state index in [4.69, 9.17) is 0 Å². The molecule has 25 heavy (non-hydrogen) atoms. The Morgan fingerprint density at radius 2 is 2.20 bits per heavy atom. The number of H-pyrrole nitrogens is 1. The Bertz CT molecular complexity index is 916. The van der Waals surface area contributed by atoms with Gasteiger partial charge < -0.3 is 15.2 Å². The number of amides is 1. The smallest absolute Gasteiger partial charge is 0.246 e. The van der Waals surface area contributed by atoms with Gasteiger partial charge in [0.25, 0.3) is 0 Å². The zero-order valence-electron chi connectivity index (χ0n) is 13.9. The number of carbonyl (C=O) groups is 1. The van der Waals surface area contributed by atoms with Crippen LogP contribution < -0.4 is 5.32 Å². The lowest BCUT2D eigenvalue weighted by molar-refractivity contribution is -0.125. The number of aromatic amines is 1. The molecule has 5 heteroatoms. The molecule has 1 aromatic carbocycles. The van der Waals surface area contributed by atoms with E-state index in [9.17, 15) is 4.79 Å². The van der Waals surface area contributed by atoms with E-state index in [-0.39, 0.29) is 11.9 Å². The zero-order chi connectivity index (χ0) is 17.2. The highest BCUT2D eigenvalue weighted by molar-refractivity contribution is 5.95. The van der Waals surface area contributed by atoms with Gasteiger partial charge in [-0.3, -0.25) is 4.79 Å². The Labute approximate surface area is 146 Å². The summed E-state index contributed by atoms with van der Waals surface area (Å²) in [6, 6.07) is 12.6. The first kappa shape index (κ1) is 15.4. The Morgan fingerprint density at radius 3 is 3.00 bits per heavy atom. The third kappa shape index (κ3) is 3.01. The number of nitrogens with zero attached hydrogens (tertiary/aromatic N) is 2. The monoisotopic (exact) mass is 332 g/mol. The average molecular weight is 332 g/mol. The van der Waals surface area contributed by atoms with Crippen molar-refractivity contribution in [3.8, 4) is 11.1 Å². The van der Waals surface area contributed by atoms with Crippen molar-refractivity contribution in [3.63, 3.8) is 0 Å². The van der Waals surface area contributed by atoms with E-state index in [1.807, 2.05) is 35.5 Å². The van der Waals surface area contributed by atoms with Gasteiger partial charge in [-0.2, -0.15) is 0 Å². The maximum Gasteiger partial charge on any atom is 0.246 e. The predicted molar refractivity (Wildman–Crippen MR) is 100 cm³/mol. The first-order valence-electron chi connectivity index (χ1n) is 8.45. The molecule has 1 fully saturated rings. The number of carbonyl (C=O) groups excluding carboxylic acids is 1. The minimum atomic E-state index is -0.00474. The molecule has 5 nitrogen and oxygen atoms in total. The number of nitrogens with one attached hydrogen (secondary N) is 2. The number of hydrogen-bond acceptors (Lipinski definition) is 3. The Balaban J connectivity index is 1.57. The quantitative estimate of drug-likeness (QED) is 0.720. The van der Waals surface area contributed by atoms with Crippen molar-refractivity contribution in [1.82, 2.24) is 14.9 Å². The molecule has 0 bridgehead atoms. The number of hydrogen-bond donors (Lipinski definition) is 2. The lowest BCUT2D eigenvalue weighted by Gasteiger charge is -2.16. The van der Waals surface area contributed by atoms with Gasteiger partial charge in [0, 0.05) is 36.3 Å². The Morgan fingerprint density at radius 1 is 1.36 bits per heavy atom. The number of likely N-dealkylation sites (tertiary alicyclic amines) is 1. The molecule has 0 spiro atoms. The Hall–Kier alpha value is -3.08. The molecule has 1 amide bonds. The summed E-state index contributed by atoms with van der Waals surface area (Å²) in [5.74, 6) is -0.00474. The minimum absolute atomic E-state index is 0.00474. The van der Waals surface area contributed by atoms with E-state index in [0.29, 0.717) is 6.54 Å². The fraction of sp³-hybridized carbons (Fsp3) is 0.200. The standard InChI is InChI=1S/C20H20N4O/c1-2-19(25)24-9-8-15(13-24)23-16-10-17-18(12-22-20(17)21-11-16)14-6-4-3-5-7-14/h2-7,10-12,15,23H,1,8-9,13H2,(H,21,22)/t15-/m1/s1. The van der Waals surface area contributed by atoms with E-state index in [1.165, 1.54) is 6.08 Å². The molecular formula is C20H20N4O. The van der Waals surface area contributed by atoms with Gasteiger partial charge in [0.1, 0.15) is 5.65 Å². The molecule has 2 aromatic heterocycles. The highest BCUT2D eigenvalue weighted by Crippen LogP contribution is 2.29. The minimum Gasteiger partial charge on any atom is -0.379 e. The summed E-state index contributed by atoms with van der Waals surface area (Å²) in [4.78, 5) is 21.3. The van der Waals surface area contributed by atoms with Crippen molar-refractivity contribution in [2.24, 2.45) is 0 Å². The molecule has 0 unspecified atom stereocenters. The molecule has 4 rings (SSSR count). The third-order valence-electron chi connectivity index (χ3n) is 4.66. The van der Waals surface area contributed by atoms with Gasteiger partial charge in [0.05, 0.1) is 11.9 Å². The van der Waals surface area contributed by atoms with E-state index in [2.05, 4.69) is 40.1 Å². The SMILES string of the molecule is C=CC(=O)N1CC[C@@H](Nc2cnc3[nH]cc(-c4ccccc4)c3c2)C1. The van der Waals surface area contributed by atoms with Gasteiger partial charge >= 0.3 is 0 Å². The number of aromatic nitrogens is 2. The molecule has 2 N–H and O–H groups in total. The largest absolute Gasteiger partial charge is 0.379 e. The lowest BCUT2D eigenvalue weighted by atomic mass is 10.1. The maximum atomic E-state index is 11.7. The van der Waals surface area contributed by atoms with Crippen LogP contribution in [-0.2, 0) is 4.79 Å². The Kier molecular flexibility index (Phi) is 3.98. The molecular weight excluding hydrogens is 312 g/mol. The molecule has 1 aliphatic rings. The summed E-state index contributed by atoms with van der Waals surface area (Å²) >= 11 is 0. The third-order valence-corrected chi connectivity index (χ3v) is 4.66. The van der Waals surface area contributed by atoms with Crippen molar-refractivity contribution in [1.29, 1.82) is 0 Å². The van der Waals surface area contributed by atoms with E-state index in [0.717, 1.165) is 40.8 Å². The molecule has 1 saturated heterocycles. The van der Waals surface area contributed by atoms with Crippen LogP contribution in [0.25, 0.3) is 22.2 Å². The summed E-state index contributed by atoms with van der Waals surface area (Å²) in [5, 5.41) is 4.60. The van der Waals surface area contributed by atoms with Crippen LogP contribution in [0, 0.1) is 0 Å². The van der Waals surface area contributed by atoms with Crippen molar-refractivity contribution >= 4 is 22.6 Å². The summed E-state index contributed by atoms with van der Waals surface area (Å²) < 4.78 is 0. The van der Waals surface area contributed by atoms with Crippen LogP contribution in [0.4, 0.5) is 5.69 Å². The lowest BCUT2D eigenvalue weighted by Crippen LogP contribution is -2.30. The van der Waals surface area contributed by atoms with E-state index in [1.54, 1.807) is 0 Å². The first-order chi connectivity index (χ1) is 12.2. The molecule has 0 aliphatic carbocycles. The second-order valence-corrected chi connectivity index (χ2v) is 6.31. The summed E-state index contributed by atoms with van der Waals surface area (Å²) in [6.45, 7) is 5.01. The normalized spacial score (nSPS) is 17.0. The van der Waals surface area contributed by atoms with Crippen LogP contribution in [0.1, 0.15) is 6.42 Å². The molecule has 1 aliphatic heterocycles. The summed E-state index contributed by atoms with van der Waals surface area (Å²) in [7, 11) is 0. The highest BCUT2D eigenvalue weighted by Gasteiger charge is 2.24. The predicted octanol–water partition coefficient (Wildman–Crippen LogP) is 3.43. The fourth-order valence-corrected chi connectivity index (χ4v) is 3.38. The van der Waals surface area contributed by atoms with Gasteiger partial charge in [-0.25, -0.2) is 4.98 Å². The van der Waals surface area contributed by atoms with Crippen molar-refractivity contribution in [2.75, 3.05) is 18.4 Å². The average Bonchev–Trinajstić information content (AvgIpc) is 3.28. The van der Waals surface area contributed by atoms with Crippen LogP contribution in [0.2, 0.25) is 0 Å². The maximum absolute atomic E-state index is 11.7. The number of benzene rings is 1. The zero-order valence-corrected chi connectivity index (χ0v) is 13.9. The van der Waals surface area contributed by atoms with E-state index >= 15 is 0 Å². The van der Waals surface area contributed by atoms with Crippen molar-refractivity contribution < 1.29 is 4.79 Å². The number of rotatable bonds is 4. The second-order valence-electron chi connectivity index (χ2n) is 6.31. The summed E-state index contributed by atoms with van der Waals surface area (Å²) in [6.07, 6.45) is 6.14. The molecule has 1 atom stereocenters. The van der Waals surface area contributed by atoms with Crippen molar-refractivity contribution in [2.45, 2.75) is 12.5 Å². The van der Waals surface area contributed by atoms with Crippen LogP contribution >= 0.6 is 0 Å². The van der Waals surface area contributed by atoms with Crippen LogP contribution in [0.3, 0.4) is 0 Å². The molecule has 0 saturated carbocycles. The topological polar surface area (TPSA) is 61.0 Å². The van der Waals surface area contributed by atoms with Crippen molar-refractivity contribution in [3.05, 3.63) is 61.4 Å². The van der Waals surface area contributed by atoms with E-state index < -0.39 is 0 Å². The first-order valence-corrected chi connectivity index (χ1v) is 8.45. The summed E-state index contributed by atoms with van der Waals surface area (Å²) in [5.41, 5.74) is 4.15. The van der Waals surface area contributed by atoms with Crippen LogP contribution in [-0.4, -0.2) is 39.9 Å². The fourth-order valence-electron chi connectivity index (χ4n) is 3.38. The number of pyridine rings is 1. The molecule has 3 aromatic rings. The molecule has 0 radical (unpaired) electrons. The van der Waals surface area contributed by atoms with Crippen LogP contribution in [0.15, 0.2) is 61.4 Å². The van der Waals surface area contributed by atoms with Gasteiger partial charge in [0.15, 0.2) is 0 Å². The highest BCUT2D eigenvalue weighted by atomic mass is 16.2.